The maximum Gasteiger partial charge on any atom is 0.229 e. The highest BCUT2D eigenvalue weighted by Crippen LogP contribution is 2.10. The van der Waals surface area contributed by atoms with E-state index in [1.165, 1.54) is 0 Å². The Morgan fingerprint density at radius 2 is 2.11 bits per heavy atom. The summed E-state index contributed by atoms with van der Waals surface area (Å²) in [5.41, 5.74) is 2.32. The third-order valence-electron chi connectivity index (χ3n) is 2.72. The van der Waals surface area contributed by atoms with E-state index in [9.17, 15) is 4.79 Å². The van der Waals surface area contributed by atoms with Crippen molar-refractivity contribution < 1.29 is 4.79 Å². The molecule has 5 nitrogen and oxygen atoms in total. The van der Waals surface area contributed by atoms with Crippen molar-refractivity contribution >= 4 is 11.7 Å². The van der Waals surface area contributed by atoms with E-state index in [2.05, 4.69) is 10.4 Å². The van der Waals surface area contributed by atoms with Crippen LogP contribution in [0.3, 0.4) is 0 Å². The van der Waals surface area contributed by atoms with Crippen molar-refractivity contribution in [3.8, 4) is 6.07 Å². The van der Waals surface area contributed by atoms with Crippen molar-refractivity contribution in [3.05, 3.63) is 47.2 Å². The molecule has 5 heteroatoms. The van der Waals surface area contributed by atoms with Gasteiger partial charge in [0, 0.05) is 13.1 Å². The second-order valence-electron chi connectivity index (χ2n) is 4.33. The van der Waals surface area contributed by atoms with Crippen molar-refractivity contribution in [2.75, 3.05) is 5.32 Å². The van der Waals surface area contributed by atoms with Crippen LogP contribution in [0.25, 0.3) is 0 Å². The highest BCUT2D eigenvalue weighted by atomic mass is 16.1. The monoisotopic (exact) mass is 254 g/mol. The molecule has 0 aliphatic heterocycles. The molecule has 0 radical (unpaired) electrons. The molecule has 0 atom stereocenters. The zero-order valence-corrected chi connectivity index (χ0v) is 10.8. The summed E-state index contributed by atoms with van der Waals surface area (Å²) >= 11 is 0. The number of amides is 1. The van der Waals surface area contributed by atoms with Crippen LogP contribution in [0.4, 0.5) is 5.82 Å². The van der Waals surface area contributed by atoms with Gasteiger partial charge in [-0.3, -0.25) is 9.48 Å². The maximum absolute atomic E-state index is 11.9. The Labute approximate surface area is 111 Å². The topological polar surface area (TPSA) is 70.7 Å². The van der Waals surface area contributed by atoms with Crippen LogP contribution in [0.5, 0.6) is 0 Å². The van der Waals surface area contributed by atoms with Crippen LogP contribution in [0.1, 0.15) is 16.8 Å². The highest BCUT2D eigenvalue weighted by Gasteiger charge is 2.07. The van der Waals surface area contributed by atoms with E-state index in [0.29, 0.717) is 11.4 Å². The van der Waals surface area contributed by atoms with Gasteiger partial charge < -0.3 is 5.32 Å². The zero-order valence-electron chi connectivity index (χ0n) is 10.8. The summed E-state index contributed by atoms with van der Waals surface area (Å²) < 4.78 is 1.63. The van der Waals surface area contributed by atoms with Crippen molar-refractivity contribution in [1.29, 1.82) is 5.26 Å². The van der Waals surface area contributed by atoms with Gasteiger partial charge in [-0.2, -0.15) is 10.4 Å². The molecule has 2 aromatic rings. The van der Waals surface area contributed by atoms with Gasteiger partial charge in [-0.1, -0.05) is 12.1 Å². The number of hydrogen-bond acceptors (Lipinski definition) is 3. The number of carbonyl (C=O) groups is 1. The maximum atomic E-state index is 11.9. The number of nitriles is 1. The third-order valence-corrected chi connectivity index (χ3v) is 2.72. The molecule has 96 valence electrons. The largest absolute Gasteiger partial charge is 0.311 e. The zero-order chi connectivity index (χ0) is 13.8. The van der Waals surface area contributed by atoms with Crippen LogP contribution in [0.2, 0.25) is 0 Å². The quantitative estimate of drug-likeness (QED) is 0.907. The Morgan fingerprint density at radius 1 is 1.42 bits per heavy atom. The van der Waals surface area contributed by atoms with Gasteiger partial charge in [-0.15, -0.1) is 0 Å². The van der Waals surface area contributed by atoms with E-state index in [0.717, 1.165) is 11.3 Å². The van der Waals surface area contributed by atoms with Gasteiger partial charge in [-0.25, -0.2) is 0 Å². The minimum absolute atomic E-state index is 0.104. The minimum atomic E-state index is -0.104. The molecule has 1 amide bonds. The lowest BCUT2D eigenvalue weighted by molar-refractivity contribution is -0.115. The molecular weight excluding hydrogens is 240 g/mol. The molecule has 1 aromatic heterocycles. The molecule has 0 aliphatic carbocycles. The number of nitrogens with one attached hydrogen (secondary N) is 1. The first kappa shape index (κ1) is 12.8. The van der Waals surface area contributed by atoms with Crippen molar-refractivity contribution in [2.45, 2.75) is 13.3 Å². The predicted octanol–water partition coefficient (Wildman–Crippen LogP) is 1.78. The van der Waals surface area contributed by atoms with Crippen LogP contribution >= 0.6 is 0 Å². The lowest BCUT2D eigenvalue weighted by Crippen LogP contribution is -2.16. The number of rotatable bonds is 3. The standard InChI is InChI=1S/C14H14N4O/c1-10-7-13(18(2)17-10)16-14(19)8-11-3-5-12(9-15)6-4-11/h3-7H,8H2,1-2H3,(H,16,19). The van der Waals surface area contributed by atoms with Gasteiger partial charge in [0.1, 0.15) is 5.82 Å². The summed E-state index contributed by atoms with van der Waals surface area (Å²) in [6, 6.07) is 10.8. The summed E-state index contributed by atoms with van der Waals surface area (Å²) in [7, 11) is 1.78. The average molecular weight is 254 g/mol. The first-order valence-corrected chi connectivity index (χ1v) is 5.88. The number of aromatic nitrogens is 2. The Bertz CT molecular complexity index is 634. The van der Waals surface area contributed by atoms with E-state index >= 15 is 0 Å². The van der Waals surface area contributed by atoms with Crippen LogP contribution < -0.4 is 5.32 Å². The number of anilines is 1. The van der Waals surface area contributed by atoms with Gasteiger partial charge >= 0.3 is 0 Å². The molecule has 2 rings (SSSR count). The second-order valence-corrected chi connectivity index (χ2v) is 4.33. The molecule has 0 aliphatic rings. The minimum Gasteiger partial charge on any atom is -0.311 e. The smallest absolute Gasteiger partial charge is 0.229 e. The molecular formula is C14H14N4O. The Hall–Kier alpha value is -2.61. The number of nitrogens with zero attached hydrogens (tertiary/aromatic N) is 3. The van der Waals surface area contributed by atoms with Crippen molar-refractivity contribution in [2.24, 2.45) is 7.05 Å². The molecule has 0 unspecified atom stereocenters. The number of benzene rings is 1. The Morgan fingerprint density at radius 3 is 2.63 bits per heavy atom. The Balaban J connectivity index is 2.01. The van der Waals surface area contributed by atoms with E-state index in [-0.39, 0.29) is 12.3 Å². The van der Waals surface area contributed by atoms with E-state index in [4.69, 9.17) is 5.26 Å². The predicted molar refractivity (Wildman–Crippen MR) is 71.4 cm³/mol. The lowest BCUT2D eigenvalue weighted by Gasteiger charge is -2.05. The molecule has 1 aromatic carbocycles. The molecule has 1 heterocycles. The lowest BCUT2D eigenvalue weighted by atomic mass is 10.1. The fourth-order valence-corrected chi connectivity index (χ4v) is 1.80. The van der Waals surface area contributed by atoms with Crippen molar-refractivity contribution in [3.63, 3.8) is 0 Å². The van der Waals surface area contributed by atoms with Gasteiger partial charge in [0.25, 0.3) is 0 Å². The summed E-state index contributed by atoms with van der Waals surface area (Å²) in [5, 5.41) is 15.7. The van der Waals surface area contributed by atoms with Gasteiger partial charge in [0.2, 0.25) is 5.91 Å². The molecule has 0 saturated heterocycles. The van der Waals surface area contributed by atoms with E-state index < -0.39 is 0 Å². The third kappa shape index (κ3) is 3.19. The second kappa shape index (κ2) is 5.36. The molecule has 0 saturated carbocycles. The molecule has 0 fully saturated rings. The van der Waals surface area contributed by atoms with Crippen LogP contribution in [0, 0.1) is 18.3 Å². The Kier molecular flexibility index (Phi) is 3.62. The van der Waals surface area contributed by atoms with E-state index in [1.807, 2.05) is 19.1 Å². The summed E-state index contributed by atoms with van der Waals surface area (Å²) in [4.78, 5) is 11.9. The number of aryl methyl sites for hydroxylation is 2. The van der Waals surface area contributed by atoms with Crippen LogP contribution in [-0.4, -0.2) is 15.7 Å². The first-order chi connectivity index (χ1) is 9.08. The fraction of sp³-hybridized carbons (Fsp3) is 0.214. The summed E-state index contributed by atoms with van der Waals surface area (Å²) in [5.74, 6) is 0.573. The van der Waals surface area contributed by atoms with Crippen molar-refractivity contribution in [1.82, 2.24) is 9.78 Å². The van der Waals surface area contributed by atoms with Gasteiger partial charge in [-0.05, 0) is 24.6 Å². The van der Waals surface area contributed by atoms with E-state index in [1.54, 1.807) is 36.0 Å². The van der Waals surface area contributed by atoms with Crippen LogP contribution in [-0.2, 0) is 18.3 Å². The highest BCUT2D eigenvalue weighted by molar-refractivity contribution is 5.91. The van der Waals surface area contributed by atoms with Crippen LogP contribution in [0.15, 0.2) is 30.3 Å². The fourth-order valence-electron chi connectivity index (χ4n) is 1.80. The normalized spacial score (nSPS) is 9.95. The van der Waals surface area contributed by atoms with Gasteiger partial charge in [0.05, 0.1) is 23.7 Å². The number of hydrogen-bond donors (Lipinski definition) is 1. The first-order valence-electron chi connectivity index (χ1n) is 5.88. The molecule has 0 spiro atoms. The molecule has 19 heavy (non-hydrogen) atoms. The average Bonchev–Trinajstić information content (AvgIpc) is 2.68. The summed E-state index contributed by atoms with van der Waals surface area (Å²) in [6.45, 7) is 1.87. The number of carbonyl (C=O) groups excluding carboxylic acids is 1. The SMILES string of the molecule is Cc1cc(NC(=O)Cc2ccc(C#N)cc2)n(C)n1. The molecule has 1 N–H and O–H groups in total. The molecule has 0 bridgehead atoms. The summed E-state index contributed by atoms with van der Waals surface area (Å²) in [6.07, 6.45) is 0.274. The van der Waals surface area contributed by atoms with Gasteiger partial charge in [0.15, 0.2) is 0 Å².